The van der Waals surface area contributed by atoms with E-state index in [-0.39, 0.29) is 11.4 Å². The van der Waals surface area contributed by atoms with Crippen LogP contribution in [-0.4, -0.2) is 36.9 Å². The zero-order valence-corrected chi connectivity index (χ0v) is 14.8. The summed E-state index contributed by atoms with van der Waals surface area (Å²) in [4.78, 5) is 0.154. The van der Waals surface area contributed by atoms with Crippen molar-refractivity contribution in [2.45, 2.75) is 11.3 Å². The van der Waals surface area contributed by atoms with Gasteiger partial charge in [0.15, 0.2) is 11.5 Å². The molecule has 2 heterocycles. The van der Waals surface area contributed by atoms with Crippen LogP contribution < -0.4 is 14.2 Å². The van der Waals surface area contributed by atoms with Crippen LogP contribution in [0.15, 0.2) is 41.3 Å². The third-order valence-electron chi connectivity index (χ3n) is 3.85. The van der Waals surface area contributed by atoms with Crippen LogP contribution in [0.1, 0.15) is 5.56 Å². The molecule has 9 heteroatoms. The number of aromatic nitrogens is 2. The van der Waals surface area contributed by atoms with E-state index < -0.39 is 10.0 Å². The van der Waals surface area contributed by atoms with Crippen LogP contribution in [0.2, 0.25) is 0 Å². The molecule has 1 aliphatic heterocycles. The van der Waals surface area contributed by atoms with Crippen molar-refractivity contribution in [2.24, 2.45) is 0 Å². The number of hydrogen-bond acceptors (Lipinski definition) is 7. The summed E-state index contributed by atoms with van der Waals surface area (Å²) >= 11 is 0.999. The monoisotopic (exact) mass is 377 g/mol. The Balaban J connectivity index is 1.47. The lowest BCUT2D eigenvalue weighted by atomic mass is 10.1. The van der Waals surface area contributed by atoms with E-state index in [1.807, 2.05) is 18.2 Å². The lowest BCUT2D eigenvalue weighted by molar-refractivity contribution is 0.171. The van der Waals surface area contributed by atoms with Crippen molar-refractivity contribution in [1.29, 1.82) is 0 Å². The van der Waals surface area contributed by atoms with E-state index in [0.29, 0.717) is 36.4 Å². The van der Waals surface area contributed by atoms with E-state index >= 15 is 0 Å². The maximum absolute atomic E-state index is 12.5. The SMILES string of the molecule is O=S(=O)(NCCc1ccc2c(c1)OCCO2)c1cccc2nsnc12. The molecule has 0 radical (unpaired) electrons. The Morgan fingerprint density at radius 2 is 1.92 bits per heavy atom. The van der Waals surface area contributed by atoms with Crippen molar-refractivity contribution in [3.8, 4) is 11.5 Å². The first-order valence-electron chi connectivity index (χ1n) is 7.73. The molecule has 1 aromatic heterocycles. The topological polar surface area (TPSA) is 90.4 Å². The molecule has 0 atom stereocenters. The fraction of sp³-hybridized carbons (Fsp3) is 0.250. The van der Waals surface area contributed by atoms with Crippen LogP contribution >= 0.6 is 11.7 Å². The molecule has 0 fully saturated rings. The highest BCUT2D eigenvalue weighted by molar-refractivity contribution is 7.89. The lowest BCUT2D eigenvalue weighted by Gasteiger charge is -2.18. The molecule has 0 aliphatic carbocycles. The smallest absolute Gasteiger partial charge is 0.242 e. The Morgan fingerprint density at radius 1 is 1.08 bits per heavy atom. The summed E-state index contributed by atoms with van der Waals surface area (Å²) < 4.78 is 46.9. The number of rotatable bonds is 5. The number of ether oxygens (including phenoxy) is 2. The minimum atomic E-state index is -3.65. The molecule has 7 nitrogen and oxygen atoms in total. The Morgan fingerprint density at radius 3 is 2.80 bits per heavy atom. The first kappa shape index (κ1) is 16.2. The first-order chi connectivity index (χ1) is 12.1. The van der Waals surface area contributed by atoms with Gasteiger partial charge in [0.25, 0.3) is 0 Å². The van der Waals surface area contributed by atoms with Crippen LogP contribution in [0.4, 0.5) is 0 Å². The van der Waals surface area contributed by atoms with Crippen LogP contribution in [0.3, 0.4) is 0 Å². The second-order valence-corrected chi connectivity index (χ2v) is 7.78. The van der Waals surface area contributed by atoms with Crippen LogP contribution in [0.5, 0.6) is 11.5 Å². The summed E-state index contributed by atoms with van der Waals surface area (Å²) in [5.74, 6) is 1.42. The van der Waals surface area contributed by atoms with E-state index in [1.54, 1.807) is 12.1 Å². The van der Waals surface area contributed by atoms with Gasteiger partial charge in [0, 0.05) is 6.54 Å². The zero-order chi connectivity index (χ0) is 17.3. The number of hydrogen-bond donors (Lipinski definition) is 1. The Labute approximate surface area is 149 Å². The fourth-order valence-electron chi connectivity index (χ4n) is 2.65. The average Bonchev–Trinajstić information content (AvgIpc) is 3.10. The van der Waals surface area contributed by atoms with Crippen molar-refractivity contribution in [2.75, 3.05) is 19.8 Å². The predicted octanol–water partition coefficient (Wildman–Crippen LogP) is 1.98. The number of nitrogens with zero attached hydrogens (tertiary/aromatic N) is 2. The summed E-state index contributed by atoms with van der Waals surface area (Å²) in [6.07, 6.45) is 0.543. The number of nitrogens with one attached hydrogen (secondary N) is 1. The van der Waals surface area contributed by atoms with E-state index in [0.717, 1.165) is 23.0 Å². The molecule has 2 aromatic carbocycles. The zero-order valence-electron chi connectivity index (χ0n) is 13.1. The van der Waals surface area contributed by atoms with Crippen LogP contribution in [0, 0.1) is 0 Å². The van der Waals surface area contributed by atoms with Gasteiger partial charge in [0.05, 0.1) is 11.7 Å². The van der Waals surface area contributed by atoms with Crippen LogP contribution in [0.25, 0.3) is 11.0 Å². The molecule has 0 spiro atoms. The van der Waals surface area contributed by atoms with Gasteiger partial charge in [-0.3, -0.25) is 0 Å². The van der Waals surface area contributed by atoms with E-state index in [2.05, 4.69) is 13.5 Å². The second-order valence-electron chi connectivity index (χ2n) is 5.51. The van der Waals surface area contributed by atoms with Gasteiger partial charge in [0.1, 0.15) is 29.1 Å². The summed E-state index contributed by atoms with van der Waals surface area (Å²) in [5.41, 5.74) is 1.96. The van der Waals surface area contributed by atoms with Gasteiger partial charge in [-0.1, -0.05) is 12.1 Å². The molecular formula is C16H15N3O4S2. The molecule has 130 valence electrons. The molecule has 0 bridgehead atoms. The second kappa shape index (κ2) is 6.58. The van der Waals surface area contributed by atoms with E-state index in [9.17, 15) is 8.42 Å². The predicted molar refractivity (Wildman–Crippen MR) is 93.7 cm³/mol. The van der Waals surface area contributed by atoms with E-state index in [1.165, 1.54) is 6.07 Å². The quantitative estimate of drug-likeness (QED) is 0.731. The summed E-state index contributed by atoms with van der Waals surface area (Å²) in [7, 11) is -3.65. The van der Waals surface area contributed by atoms with Gasteiger partial charge in [-0.2, -0.15) is 8.75 Å². The molecule has 3 aromatic rings. The number of benzene rings is 2. The van der Waals surface area contributed by atoms with Gasteiger partial charge < -0.3 is 9.47 Å². The van der Waals surface area contributed by atoms with Crippen molar-refractivity contribution in [3.63, 3.8) is 0 Å². The molecule has 0 saturated heterocycles. The lowest BCUT2D eigenvalue weighted by Crippen LogP contribution is -2.26. The Kier molecular flexibility index (Phi) is 4.28. The molecular weight excluding hydrogens is 362 g/mol. The fourth-order valence-corrected chi connectivity index (χ4v) is 4.45. The van der Waals surface area contributed by atoms with Crippen molar-refractivity contribution in [3.05, 3.63) is 42.0 Å². The normalized spacial score (nSPS) is 13.9. The summed E-state index contributed by atoms with van der Waals surface area (Å²) in [6, 6.07) is 10.6. The molecule has 4 rings (SSSR count). The van der Waals surface area contributed by atoms with Crippen LogP contribution in [-0.2, 0) is 16.4 Å². The standard InChI is InChI=1S/C16H15N3O4S2/c20-25(21,15-3-1-2-12-16(15)19-24-18-12)17-7-6-11-4-5-13-14(10-11)23-9-8-22-13/h1-5,10,17H,6-9H2. The summed E-state index contributed by atoms with van der Waals surface area (Å²) in [5, 5.41) is 0. The molecule has 1 N–H and O–H groups in total. The minimum absolute atomic E-state index is 0.154. The highest BCUT2D eigenvalue weighted by atomic mass is 32.2. The molecule has 1 aliphatic rings. The number of fused-ring (bicyclic) bond motifs is 2. The maximum Gasteiger partial charge on any atom is 0.242 e. The van der Waals surface area contributed by atoms with Gasteiger partial charge in [-0.05, 0) is 36.2 Å². The maximum atomic E-state index is 12.5. The molecule has 25 heavy (non-hydrogen) atoms. The van der Waals surface area contributed by atoms with E-state index in [4.69, 9.17) is 9.47 Å². The Bertz CT molecular complexity index is 1020. The largest absolute Gasteiger partial charge is 0.486 e. The molecule has 0 amide bonds. The first-order valence-corrected chi connectivity index (χ1v) is 9.94. The average molecular weight is 377 g/mol. The van der Waals surface area contributed by atoms with Crippen molar-refractivity contribution in [1.82, 2.24) is 13.5 Å². The van der Waals surface area contributed by atoms with Gasteiger partial charge in [-0.15, -0.1) is 0 Å². The summed E-state index contributed by atoms with van der Waals surface area (Å²) in [6.45, 7) is 1.34. The Hall–Kier alpha value is -2.23. The van der Waals surface area contributed by atoms with Crippen molar-refractivity contribution < 1.29 is 17.9 Å². The molecule has 0 saturated carbocycles. The van der Waals surface area contributed by atoms with Gasteiger partial charge in [-0.25, -0.2) is 13.1 Å². The molecule has 0 unspecified atom stereocenters. The highest BCUT2D eigenvalue weighted by Crippen LogP contribution is 2.30. The van der Waals surface area contributed by atoms with Gasteiger partial charge in [0.2, 0.25) is 10.0 Å². The minimum Gasteiger partial charge on any atom is -0.486 e. The third-order valence-corrected chi connectivity index (χ3v) is 5.89. The third kappa shape index (κ3) is 3.30. The number of sulfonamides is 1. The van der Waals surface area contributed by atoms with Gasteiger partial charge >= 0.3 is 0 Å². The van der Waals surface area contributed by atoms with Crippen molar-refractivity contribution >= 4 is 32.8 Å². The highest BCUT2D eigenvalue weighted by Gasteiger charge is 2.19.